The van der Waals surface area contributed by atoms with Crippen molar-refractivity contribution in [3.8, 4) is 35.2 Å². The second-order valence-corrected chi connectivity index (χ2v) is 15.7. The average molecular weight is 748 g/mol. The first kappa shape index (κ1) is 35.0. The van der Waals surface area contributed by atoms with Crippen molar-refractivity contribution in [3.05, 3.63) is 53.6 Å². The fourth-order valence-electron chi connectivity index (χ4n) is 9.20. The Morgan fingerprint density at radius 1 is 1.07 bits per heavy atom. The molecule has 4 heterocycles. The number of terminal acetylenes is 1. The third kappa shape index (κ3) is 5.78. The number of hydrogen-bond acceptors (Lipinski definition) is 8. The molecule has 14 heteroatoms. The third-order valence-corrected chi connectivity index (χ3v) is 12.3. The molecule has 2 atom stereocenters. The number of morpholine rings is 1. The van der Waals surface area contributed by atoms with E-state index < -0.39 is 41.4 Å². The number of fused-ring (bicyclic) bond motifs is 4. The molecule has 2 unspecified atom stereocenters. The van der Waals surface area contributed by atoms with E-state index in [-0.39, 0.29) is 64.7 Å². The van der Waals surface area contributed by atoms with Crippen LogP contribution in [0.1, 0.15) is 50.5 Å². The molecule has 5 aliphatic rings. The largest absolute Gasteiger partial charge is 0.508 e. The normalized spacial score (nSPS) is 23.1. The van der Waals surface area contributed by atoms with E-state index in [0.717, 1.165) is 56.2 Å². The molecule has 3 aromatic carbocycles. The summed E-state index contributed by atoms with van der Waals surface area (Å²) in [7, 11) is 0. The van der Waals surface area contributed by atoms with Gasteiger partial charge in [0.05, 0.1) is 37.5 Å². The molecule has 4 aromatic rings. The van der Waals surface area contributed by atoms with Crippen LogP contribution in [0.15, 0.2) is 36.4 Å². The van der Waals surface area contributed by atoms with Crippen LogP contribution >= 0.6 is 0 Å². The number of carbonyl (C=O) groups is 1. The maximum absolute atomic E-state index is 17.1. The maximum atomic E-state index is 17.1. The number of phenols is 1. The first-order chi connectivity index (χ1) is 25.9. The number of alkyl halides is 3. The van der Waals surface area contributed by atoms with Crippen molar-refractivity contribution in [1.29, 1.82) is 0 Å². The maximum Gasteiger partial charge on any atom is 0.471 e. The number of amides is 1. The number of hydrogen-bond donors (Lipinski definition) is 1. The van der Waals surface area contributed by atoms with Gasteiger partial charge in [-0.3, -0.25) is 9.69 Å². The minimum atomic E-state index is -5.03. The van der Waals surface area contributed by atoms with Crippen LogP contribution in [0.25, 0.3) is 32.8 Å². The van der Waals surface area contributed by atoms with E-state index >= 15 is 8.78 Å². The summed E-state index contributed by atoms with van der Waals surface area (Å²) in [6.45, 7) is 3.20. The molecular weight excluding hydrogens is 709 g/mol. The average Bonchev–Trinajstić information content (AvgIpc) is 3.84. The SMILES string of the molecule is C#Cc1cccc2cc(O)cc(-c3c(F)cc4c(N5CC6CCC(C5)N6C(=O)C(F)(F)F)nc(OCC5(CN6CCOCC67CCC7)CC5)nc4c3F)c12. The van der Waals surface area contributed by atoms with Crippen molar-refractivity contribution in [1.82, 2.24) is 19.8 Å². The Hall–Kier alpha value is -4.74. The molecule has 1 amide bonds. The highest BCUT2D eigenvalue weighted by molar-refractivity contribution is 6.04. The molecule has 9 nitrogen and oxygen atoms in total. The fourth-order valence-corrected chi connectivity index (χ4v) is 9.20. The number of piperazine rings is 1. The number of aromatic hydroxyl groups is 1. The van der Waals surface area contributed by atoms with Crippen LogP contribution in [-0.2, 0) is 9.53 Å². The highest BCUT2D eigenvalue weighted by Gasteiger charge is 2.53. The Morgan fingerprint density at radius 2 is 1.83 bits per heavy atom. The molecule has 3 aliphatic heterocycles. The Balaban J connectivity index is 1.12. The first-order valence-corrected chi connectivity index (χ1v) is 18.4. The van der Waals surface area contributed by atoms with Crippen LogP contribution in [-0.4, -0.2) is 101 Å². The van der Waals surface area contributed by atoms with Gasteiger partial charge in [0.15, 0.2) is 5.82 Å². The fraction of sp³-hybridized carbons (Fsp3) is 0.475. The van der Waals surface area contributed by atoms with Crippen molar-refractivity contribution in [3.63, 3.8) is 0 Å². The van der Waals surface area contributed by atoms with Crippen molar-refractivity contribution in [2.24, 2.45) is 5.41 Å². The lowest BCUT2D eigenvalue weighted by Gasteiger charge is -2.53. The summed E-state index contributed by atoms with van der Waals surface area (Å²) < 4.78 is 86.4. The van der Waals surface area contributed by atoms with E-state index in [0.29, 0.717) is 42.4 Å². The number of anilines is 1. The standard InChI is InChI=1S/C40H38F5N5O4/c1-2-23-5-3-6-24-15-27(51)16-28(31(23)24)32-30(41)17-29-34(33(32)42)46-37(54-21-38(11-12-38)20-49-13-14-53-22-39(49)9-4-10-39)47-35(29)48-18-25-7-8-26(19-48)50(25)36(52)40(43,44)45/h1,3,5-6,15-17,25-26,51H,4,7-14,18-22H2. The predicted molar refractivity (Wildman–Crippen MR) is 190 cm³/mol. The highest BCUT2D eigenvalue weighted by atomic mass is 19.4. The molecule has 1 aromatic heterocycles. The van der Waals surface area contributed by atoms with Gasteiger partial charge in [0.2, 0.25) is 0 Å². The Kier molecular flexibility index (Phi) is 8.21. The van der Waals surface area contributed by atoms with E-state index in [9.17, 15) is 23.1 Å². The zero-order valence-electron chi connectivity index (χ0n) is 29.4. The summed E-state index contributed by atoms with van der Waals surface area (Å²) in [4.78, 5) is 26.7. The molecule has 3 saturated heterocycles. The van der Waals surface area contributed by atoms with Crippen LogP contribution in [0.5, 0.6) is 11.8 Å². The Bertz CT molecular complexity index is 2220. The van der Waals surface area contributed by atoms with Gasteiger partial charge < -0.3 is 24.4 Å². The Labute approximate surface area is 308 Å². The zero-order valence-corrected chi connectivity index (χ0v) is 29.4. The topological polar surface area (TPSA) is 91.3 Å². The number of rotatable bonds is 7. The molecule has 1 N–H and O–H groups in total. The number of phenolic OH excluding ortho intramolecular Hbond substituents is 1. The lowest BCUT2D eigenvalue weighted by Crippen LogP contribution is -2.62. The number of nitrogens with zero attached hydrogens (tertiary/aromatic N) is 5. The summed E-state index contributed by atoms with van der Waals surface area (Å²) in [5.74, 6) is -1.46. The van der Waals surface area contributed by atoms with E-state index in [2.05, 4.69) is 20.8 Å². The third-order valence-electron chi connectivity index (χ3n) is 12.3. The van der Waals surface area contributed by atoms with E-state index in [4.69, 9.17) is 15.9 Å². The second-order valence-electron chi connectivity index (χ2n) is 15.7. The van der Waals surface area contributed by atoms with Crippen molar-refractivity contribution >= 4 is 33.4 Å². The molecular formula is C40H38F5N5O4. The monoisotopic (exact) mass is 747 g/mol. The highest BCUT2D eigenvalue weighted by Crippen LogP contribution is 2.50. The van der Waals surface area contributed by atoms with Gasteiger partial charge in [-0.25, -0.2) is 8.78 Å². The lowest BCUT2D eigenvalue weighted by atomic mass is 9.74. The summed E-state index contributed by atoms with van der Waals surface area (Å²) in [6.07, 6.45) is 6.62. The number of carbonyl (C=O) groups excluding carboxylic acids is 1. The van der Waals surface area contributed by atoms with Gasteiger partial charge in [-0.2, -0.15) is 23.1 Å². The van der Waals surface area contributed by atoms with Gasteiger partial charge in [0.1, 0.15) is 22.9 Å². The summed E-state index contributed by atoms with van der Waals surface area (Å²) in [6, 6.07) is 7.12. The quantitative estimate of drug-likeness (QED) is 0.168. The van der Waals surface area contributed by atoms with Gasteiger partial charge in [-0.1, -0.05) is 18.1 Å². The summed E-state index contributed by atoms with van der Waals surface area (Å²) >= 11 is 0. The van der Waals surface area contributed by atoms with Gasteiger partial charge >= 0.3 is 18.1 Å². The van der Waals surface area contributed by atoms with Gasteiger partial charge in [-0.15, -0.1) is 6.42 Å². The minimum absolute atomic E-state index is 0.000827. The van der Waals surface area contributed by atoms with Crippen LogP contribution in [0.3, 0.4) is 0 Å². The lowest BCUT2D eigenvalue weighted by molar-refractivity contribution is -0.188. The smallest absolute Gasteiger partial charge is 0.471 e. The minimum Gasteiger partial charge on any atom is -0.508 e. The van der Waals surface area contributed by atoms with Crippen LogP contribution in [0.2, 0.25) is 0 Å². The number of benzene rings is 3. The second kappa shape index (κ2) is 12.7. The van der Waals surface area contributed by atoms with E-state index in [1.165, 1.54) is 12.1 Å². The number of halogens is 5. The Morgan fingerprint density at radius 3 is 2.50 bits per heavy atom. The van der Waals surface area contributed by atoms with Gasteiger partial charge in [0, 0.05) is 59.0 Å². The molecule has 2 aliphatic carbocycles. The molecule has 0 radical (unpaired) electrons. The molecule has 54 heavy (non-hydrogen) atoms. The number of ether oxygens (including phenoxy) is 2. The number of aromatic nitrogens is 2. The van der Waals surface area contributed by atoms with Gasteiger partial charge in [-0.05, 0) is 74.6 Å². The predicted octanol–water partition coefficient (Wildman–Crippen LogP) is 6.57. The van der Waals surface area contributed by atoms with Crippen molar-refractivity contribution < 1.29 is 41.3 Å². The van der Waals surface area contributed by atoms with E-state index in [1.807, 2.05) is 0 Å². The van der Waals surface area contributed by atoms with Gasteiger partial charge in [0.25, 0.3) is 0 Å². The summed E-state index contributed by atoms with van der Waals surface area (Å²) in [5, 5.41) is 11.5. The molecule has 1 spiro atoms. The van der Waals surface area contributed by atoms with E-state index in [1.54, 1.807) is 23.1 Å². The molecule has 2 saturated carbocycles. The van der Waals surface area contributed by atoms with Crippen LogP contribution in [0.4, 0.5) is 27.8 Å². The molecule has 5 fully saturated rings. The van der Waals surface area contributed by atoms with Crippen molar-refractivity contribution in [2.75, 3.05) is 50.9 Å². The molecule has 9 rings (SSSR count). The van der Waals surface area contributed by atoms with Crippen LogP contribution in [0, 0.1) is 29.4 Å². The molecule has 2 bridgehead atoms. The zero-order chi connectivity index (χ0) is 37.6. The first-order valence-electron chi connectivity index (χ1n) is 18.4. The summed E-state index contributed by atoms with van der Waals surface area (Å²) in [5.41, 5.74) is -0.432. The van der Waals surface area contributed by atoms with Crippen molar-refractivity contribution in [2.45, 2.75) is 68.7 Å². The van der Waals surface area contributed by atoms with Crippen LogP contribution < -0.4 is 9.64 Å². The molecule has 282 valence electrons.